The summed E-state index contributed by atoms with van der Waals surface area (Å²) in [6, 6.07) is 1.90. The van der Waals surface area contributed by atoms with Crippen LogP contribution in [0.1, 0.15) is 6.92 Å². The van der Waals surface area contributed by atoms with Gasteiger partial charge in [0.2, 0.25) is 0 Å². The first-order chi connectivity index (χ1) is 5.07. The zero-order chi connectivity index (χ0) is 8.85. The Kier molecular flexibility index (Phi) is 3.46. The highest BCUT2D eigenvalue weighted by Gasteiger charge is 1.92. The molecule has 0 rings (SSSR count). The molecule has 0 aliphatic rings. The molecule has 0 aliphatic heterocycles. The van der Waals surface area contributed by atoms with Crippen LogP contribution in [-0.2, 0) is 0 Å². The van der Waals surface area contributed by atoms with Crippen molar-refractivity contribution >= 4 is 5.96 Å². The van der Waals surface area contributed by atoms with E-state index < -0.39 is 0 Å². The van der Waals surface area contributed by atoms with E-state index in [9.17, 15) is 0 Å². The minimum atomic E-state index is -0.0704. The largest absolute Gasteiger partial charge is 0.370 e. The highest BCUT2D eigenvalue weighted by atomic mass is 15.0. The number of hydrogen-bond donors (Lipinski definition) is 2. The number of allylic oxidation sites excluding steroid dienone is 2. The first kappa shape index (κ1) is 9.24. The lowest BCUT2D eigenvalue weighted by atomic mass is 10.2. The van der Waals surface area contributed by atoms with Gasteiger partial charge in [0.05, 0.1) is 5.57 Å². The van der Waals surface area contributed by atoms with Crippen LogP contribution in [0.25, 0.3) is 0 Å². The predicted octanol–water partition coefficient (Wildman–Crippen LogP) is 0.243. The van der Waals surface area contributed by atoms with Crippen molar-refractivity contribution in [3.63, 3.8) is 0 Å². The minimum absolute atomic E-state index is 0.0704. The third-order valence-electron chi connectivity index (χ3n) is 0.923. The van der Waals surface area contributed by atoms with Crippen LogP contribution in [-0.4, -0.2) is 5.96 Å². The summed E-state index contributed by atoms with van der Waals surface area (Å²) < 4.78 is 0. The maximum atomic E-state index is 8.48. The fourth-order valence-corrected chi connectivity index (χ4v) is 0.374. The molecule has 11 heavy (non-hydrogen) atoms. The van der Waals surface area contributed by atoms with E-state index in [1.54, 1.807) is 6.92 Å². The molecule has 58 valence electrons. The fraction of sp³-hybridized carbons (Fsp3) is 0.143. The highest BCUT2D eigenvalue weighted by Crippen LogP contribution is 2.03. The number of nitrogens with zero attached hydrogens (tertiary/aromatic N) is 2. The average molecular weight is 150 g/mol. The van der Waals surface area contributed by atoms with E-state index >= 15 is 0 Å². The van der Waals surface area contributed by atoms with E-state index in [2.05, 4.69) is 11.6 Å². The highest BCUT2D eigenvalue weighted by molar-refractivity contribution is 5.76. The molecular formula is C7H10N4. The SMILES string of the molecule is C=C(C)/C(C#N)=C\N=C(N)N. The maximum absolute atomic E-state index is 8.48. The van der Waals surface area contributed by atoms with Gasteiger partial charge in [-0.05, 0) is 12.5 Å². The molecule has 0 spiro atoms. The predicted molar refractivity (Wildman–Crippen MR) is 44.3 cm³/mol. The van der Waals surface area contributed by atoms with Crippen LogP contribution in [0.15, 0.2) is 28.9 Å². The summed E-state index contributed by atoms with van der Waals surface area (Å²) in [5.41, 5.74) is 11.1. The zero-order valence-electron chi connectivity index (χ0n) is 6.33. The molecule has 4 N–H and O–H groups in total. The van der Waals surface area contributed by atoms with Gasteiger partial charge in [-0.2, -0.15) is 5.26 Å². The lowest BCUT2D eigenvalue weighted by Crippen LogP contribution is -2.21. The smallest absolute Gasteiger partial charge is 0.190 e. The lowest BCUT2D eigenvalue weighted by Gasteiger charge is -1.91. The molecule has 0 unspecified atom stereocenters. The monoisotopic (exact) mass is 150 g/mol. The Bertz CT molecular complexity index is 250. The molecule has 0 heterocycles. The molecule has 4 heteroatoms. The summed E-state index contributed by atoms with van der Waals surface area (Å²) in [6.45, 7) is 5.27. The van der Waals surface area contributed by atoms with Crippen molar-refractivity contribution in [1.29, 1.82) is 5.26 Å². The minimum Gasteiger partial charge on any atom is -0.370 e. The van der Waals surface area contributed by atoms with Crippen molar-refractivity contribution in [3.05, 3.63) is 23.9 Å². The van der Waals surface area contributed by atoms with Gasteiger partial charge in [-0.25, -0.2) is 4.99 Å². The summed E-state index contributed by atoms with van der Waals surface area (Å²) in [5, 5.41) is 8.48. The van der Waals surface area contributed by atoms with Crippen molar-refractivity contribution in [2.45, 2.75) is 6.92 Å². The van der Waals surface area contributed by atoms with Gasteiger partial charge in [0.15, 0.2) is 5.96 Å². The molecule has 0 aromatic carbocycles. The molecule has 0 aliphatic carbocycles. The number of hydrogen-bond acceptors (Lipinski definition) is 2. The van der Waals surface area contributed by atoms with Gasteiger partial charge < -0.3 is 11.5 Å². The Balaban J connectivity index is 4.54. The van der Waals surface area contributed by atoms with Crippen LogP contribution < -0.4 is 11.5 Å². The summed E-state index contributed by atoms with van der Waals surface area (Å²) in [5.74, 6) is -0.0704. The van der Waals surface area contributed by atoms with Gasteiger partial charge in [0.1, 0.15) is 6.07 Å². The average Bonchev–Trinajstić information content (AvgIpc) is 1.87. The summed E-state index contributed by atoms with van der Waals surface area (Å²) in [7, 11) is 0. The molecule has 0 bridgehead atoms. The van der Waals surface area contributed by atoms with Crippen molar-refractivity contribution in [1.82, 2.24) is 0 Å². The number of nitriles is 1. The first-order valence-electron chi connectivity index (χ1n) is 2.92. The second kappa shape index (κ2) is 4.12. The molecule has 0 atom stereocenters. The number of guanidine groups is 1. The Morgan fingerprint density at radius 1 is 1.64 bits per heavy atom. The van der Waals surface area contributed by atoms with Crippen LogP contribution in [0.3, 0.4) is 0 Å². The molecule has 0 saturated heterocycles. The van der Waals surface area contributed by atoms with Crippen LogP contribution in [0.5, 0.6) is 0 Å². The van der Waals surface area contributed by atoms with Crippen molar-refractivity contribution in [3.8, 4) is 6.07 Å². The molecule has 0 amide bonds. The Labute approximate surface area is 65.5 Å². The van der Waals surface area contributed by atoms with Crippen LogP contribution in [0.4, 0.5) is 0 Å². The summed E-state index contributed by atoms with van der Waals surface area (Å²) >= 11 is 0. The van der Waals surface area contributed by atoms with E-state index in [1.165, 1.54) is 6.20 Å². The van der Waals surface area contributed by atoms with E-state index in [0.29, 0.717) is 11.1 Å². The van der Waals surface area contributed by atoms with Crippen LogP contribution in [0, 0.1) is 11.3 Å². The Morgan fingerprint density at radius 3 is 2.45 bits per heavy atom. The standard InChI is InChI=1S/C7H10N4/c1-5(2)6(3-8)4-11-7(9)10/h4H,1H2,2H3,(H4,9,10,11)/b6-4-. The molecule has 0 aromatic rings. The zero-order valence-corrected chi connectivity index (χ0v) is 6.33. The van der Waals surface area contributed by atoms with Gasteiger partial charge in [-0.1, -0.05) is 6.58 Å². The first-order valence-corrected chi connectivity index (χ1v) is 2.92. The van der Waals surface area contributed by atoms with E-state index in [0.717, 1.165) is 0 Å². The topological polar surface area (TPSA) is 88.2 Å². The van der Waals surface area contributed by atoms with Gasteiger partial charge >= 0.3 is 0 Å². The third kappa shape index (κ3) is 3.76. The Hall–Kier alpha value is -1.76. The van der Waals surface area contributed by atoms with Crippen molar-refractivity contribution in [2.24, 2.45) is 16.5 Å². The number of nitrogens with two attached hydrogens (primary N) is 2. The van der Waals surface area contributed by atoms with Gasteiger partial charge in [-0.15, -0.1) is 0 Å². The van der Waals surface area contributed by atoms with E-state index in [1.807, 2.05) is 6.07 Å². The van der Waals surface area contributed by atoms with Crippen LogP contribution >= 0.6 is 0 Å². The summed E-state index contributed by atoms with van der Waals surface area (Å²) in [4.78, 5) is 3.54. The molecule has 0 saturated carbocycles. The van der Waals surface area contributed by atoms with E-state index in [-0.39, 0.29) is 5.96 Å². The maximum Gasteiger partial charge on any atom is 0.190 e. The van der Waals surface area contributed by atoms with Gasteiger partial charge in [0.25, 0.3) is 0 Å². The van der Waals surface area contributed by atoms with Crippen LogP contribution in [0.2, 0.25) is 0 Å². The second-order valence-electron chi connectivity index (χ2n) is 1.99. The number of rotatable bonds is 2. The lowest BCUT2D eigenvalue weighted by molar-refractivity contribution is 1.35. The second-order valence-corrected chi connectivity index (χ2v) is 1.99. The summed E-state index contributed by atoms with van der Waals surface area (Å²) in [6.07, 6.45) is 1.29. The van der Waals surface area contributed by atoms with Gasteiger partial charge in [0, 0.05) is 6.20 Å². The van der Waals surface area contributed by atoms with Crippen molar-refractivity contribution in [2.75, 3.05) is 0 Å². The molecule has 4 nitrogen and oxygen atoms in total. The molecule has 0 aromatic heterocycles. The normalized spacial score (nSPS) is 10.0. The molecule has 0 fully saturated rings. The fourth-order valence-electron chi connectivity index (χ4n) is 0.374. The molecular weight excluding hydrogens is 140 g/mol. The van der Waals surface area contributed by atoms with Crippen molar-refractivity contribution < 1.29 is 0 Å². The van der Waals surface area contributed by atoms with E-state index in [4.69, 9.17) is 16.7 Å². The number of aliphatic imine (C=N–C) groups is 1. The quantitative estimate of drug-likeness (QED) is 0.256. The third-order valence-corrected chi connectivity index (χ3v) is 0.923. The van der Waals surface area contributed by atoms with Gasteiger partial charge in [-0.3, -0.25) is 0 Å². The molecule has 0 radical (unpaired) electrons. The Morgan fingerprint density at radius 2 is 2.18 bits per heavy atom.